The van der Waals surface area contributed by atoms with E-state index < -0.39 is 0 Å². The van der Waals surface area contributed by atoms with Gasteiger partial charge in [-0.25, -0.2) is 0 Å². The van der Waals surface area contributed by atoms with E-state index >= 15 is 0 Å². The summed E-state index contributed by atoms with van der Waals surface area (Å²) in [6.45, 7) is 7.35. The van der Waals surface area contributed by atoms with Crippen molar-refractivity contribution in [3.63, 3.8) is 0 Å². The van der Waals surface area contributed by atoms with Gasteiger partial charge >= 0.3 is 0 Å². The van der Waals surface area contributed by atoms with Crippen LogP contribution in [0.3, 0.4) is 0 Å². The summed E-state index contributed by atoms with van der Waals surface area (Å²) in [7, 11) is 0. The minimum Gasteiger partial charge on any atom is -0.491 e. The average Bonchev–Trinajstić information content (AvgIpc) is 2.92. The Morgan fingerprint density at radius 2 is 2.00 bits per heavy atom. The van der Waals surface area contributed by atoms with Crippen LogP contribution in [0.5, 0.6) is 5.75 Å². The van der Waals surface area contributed by atoms with Crippen LogP contribution in [0.2, 0.25) is 0 Å². The Morgan fingerprint density at radius 3 is 2.55 bits per heavy atom. The van der Waals surface area contributed by atoms with Crippen molar-refractivity contribution < 1.29 is 4.74 Å². The maximum atomic E-state index is 5.64. The molecule has 0 spiro atoms. The zero-order chi connectivity index (χ0) is 14.5. The monoisotopic (exact) mass is 292 g/mol. The molecule has 0 saturated carbocycles. The fourth-order valence-electron chi connectivity index (χ4n) is 2.49. The third-order valence-corrected chi connectivity index (χ3v) is 3.90. The first-order chi connectivity index (χ1) is 9.56. The zero-order valence-corrected chi connectivity index (χ0v) is 13.3. The fraction of sp³-hybridized carbons (Fsp3) is 0.562. The van der Waals surface area contributed by atoms with E-state index in [-0.39, 0.29) is 6.10 Å². The third-order valence-electron chi connectivity index (χ3n) is 3.55. The molecule has 0 radical (unpaired) electrons. The van der Waals surface area contributed by atoms with Gasteiger partial charge in [-0.2, -0.15) is 0 Å². The lowest BCUT2D eigenvalue weighted by Crippen LogP contribution is -2.45. The summed E-state index contributed by atoms with van der Waals surface area (Å²) >= 11 is 5.48. The molecule has 0 aromatic heterocycles. The molecule has 2 N–H and O–H groups in total. The molecule has 0 bridgehead atoms. The maximum Gasteiger partial charge on any atom is 0.119 e. The molecule has 1 aromatic rings. The van der Waals surface area contributed by atoms with Crippen molar-refractivity contribution in [2.45, 2.75) is 51.8 Å². The molecule has 1 heterocycles. The molecule has 2 rings (SSSR count). The van der Waals surface area contributed by atoms with Crippen LogP contribution < -0.4 is 15.4 Å². The van der Waals surface area contributed by atoms with Crippen LogP contribution in [0, 0.1) is 0 Å². The van der Waals surface area contributed by atoms with Gasteiger partial charge in [-0.15, -0.1) is 0 Å². The highest BCUT2D eigenvalue weighted by Gasteiger charge is 2.21. The van der Waals surface area contributed by atoms with Gasteiger partial charge in [-0.1, -0.05) is 12.2 Å². The van der Waals surface area contributed by atoms with Gasteiger partial charge in [0.25, 0.3) is 0 Å². The number of nitrogens with one attached hydrogen (secondary N) is 2. The van der Waals surface area contributed by atoms with E-state index in [9.17, 15) is 0 Å². The average molecular weight is 292 g/mol. The van der Waals surface area contributed by atoms with Crippen molar-refractivity contribution in [1.82, 2.24) is 10.6 Å². The highest BCUT2D eigenvalue weighted by Crippen LogP contribution is 2.15. The second-order valence-electron chi connectivity index (χ2n) is 5.66. The van der Waals surface area contributed by atoms with Crippen molar-refractivity contribution in [2.75, 3.05) is 6.54 Å². The standard InChI is InChI=1S/C16H24N2OS/c1-11(2)19-14-8-6-13(7-9-14)16(20)18-12(3)15-5-4-10-17-15/h6-9,11-12,15,17H,4-5,10H2,1-3H3,(H,18,20). The van der Waals surface area contributed by atoms with E-state index in [0.29, 0.717) is 12.1 Å². The van der Waals surface area contributed by atoms with Gasteiger partial charge in [-0.3, -0.25) is 0 Å². The largest absolute Gasteiger partial charge is 0.491 e. The van der Waals surface area contributed by atoms with Crippen LogP contribution in [0.15, 0.2) is 24.3 Å². The van der Waals surface area contributed by atoms with E-state index in [1.165, 1.54) is 12.8 Å². The Labute approximate surface area is 127 Å². The molecule has 1 saturated heterocycles. The molecule has 110 valence electrons. The Bertz CT molecular complexity index is 438. The predicted molar refractivity (Wildman–Crippen MR) is 87.5 cm³/mol. The van der Waals surface area contributed by atoms with Gasteiger partial charge < -0.3 is 15.4 Å². The molecular formula is C16H24N2OS. The van der Waals surface area contributed by atoms with Gasteiger partial charge in [0.05, 0.1) is 6.10 Å². The van der Waals surface area contributed by atoms with Gasteiger partial charge in [-0.05, 0) is 64.4 Å². The number of hydrogen-bond donors (Lipinski definition) is 2. The van der Waals surface area contributed by atoms with Crippen molar-refractivity contribution in [3.8, 4) is 5.75 Å². The molecule has 2 atom stereocenters. The lowest BCUT2D eigenvalue weighted by molar-refractivity contribution is 0.242. The van der Waals surface area contributed by atoms with Gasteiger partial charge in [0.2, 0.25) is 0 Å². The first kappa shape index (κ1) is 15.3. The van der Waals surface area contributed by atoms with Crippen molar-refractivity contribution >= 4 is 17.2 Å². The van der Waals surface area contributed by atoms with Crippen molar-refractivity contribution in [2.24, 2.45) is 0 Å². The Morgan fingerprint density at radius 1 is 1.30 bits per heavy atom. The molecule has 0 aliphatic carbocycles. The molecule has 1 aliphatic rings. The van der Waals surface area contributed by atoms with E-state index in [4.69, 9.17) is 17.0 Å². The first-order valence-electron chi connectivity index (χ1n) is 7.37. The van der Waals surface area contributed by atoms with Crippen LogP contribution in [0.25, 0.3) is 0 Å². The fourth-order valence-corrected chi connectivity index (χ4v) is 2.81. The van der Waals surface area contributed by atoms with E-state index in [1.54, 1.807) is 0 Å². The normalized spacial score (nSPS) is 19.9. The molecule has 0 amide bonds. The second-order valence-corrected chi connectivity index (χ2v) is 6.06. The molecule has 1 aromatic carbocycles. The maximum absolute atomic E-state index is 5.64. The SMILES string of the molecule is CC(C)Oc1ccc(C(=S)NC(C)C2CCCN2)cc1. The quantitative estimate of drug-likeness (QED) is 0.818. The Hall–Kier alpha value is -1.13. The van der Waals surface area contributed by atoms with E-state index in [1.807, 2.05) is 38.1 Å². The zero-order valence-electron chi connectivity index (χ0n) is 12.5. The molecular weight excluding hydrogens is 268 g/mol. The minimum atomic E-state index is 0.194. The summed E-state index contributed by atoms with van der Waals surface area (Å²) < 4.78 is 5.64. The third kappa shape index (κ3) is 4.18. The summed E-state index contributed by atoms with van der Waals surface area (Å²) in [6, 6.07) is 8.86. The molecule has 20 heavy (non-hydrogen) atoms. The molecule has 1 fully saturated rings. The van der Waals surface area contributed by atoms with Crippen LogP contribution >= 0.6 is 12.2 Å². The Kier molecular flexibility index (Phi) is 5.38. The van der Waals surface area contributed by atoms with Crippen molar-refractivity contribution in [1.29, 1.82) is 0 Å². The minimum absolute atomic E-state index is 0.194. The van der Waals surface area contributed by atoms with E-state index in [2.05, 4.69) is 17.6 Å². The number of thiocarbonyl (C=S) groups is 1. The van der Waals surface area contributed by atoms with Crippen LogP contribution in [0.4, 0.5) is 0 Å². The lowest BCUT2D eigenvalue weighted by Gasteiger charge is -2.22. The predicted octanol–water partition coefficient (Wildman–Crippen LogP) is 2.88. The van der Waals surface area contributed by atoms with Crippen molar-refractivity contribution in [3.05, 3.63) is 29.8 Å². The van der Waals surface area contributed by atoms with Gasteiger partial charge in [0, 0.05) is 17.6 Å². The molecule has 4 heteroatoms. The first-order valence-corrected chi connectivity index (χ1v) is 7.78. The molecule has 2 unspecified atom stereocenters. The topological polar surface area (TPSA) is 33.3 Å². The lowest BCUT2D eigenvalue weighted by atomic mass is 10.1. The Balaban J connectivity index is 1.91. The van der Waals surface area contributed by atoms with E-state index in [0.717, 1.165) is 22.8 Å². The molecule has 3 nitrogen and oxygen atoms in total. The summed E-state index contributed by atoms with van der Waals surface area (Å²) in [5, 5.41) is 6.93. The van der Waals surface area contributed by atoms with Crippen LogP contribution in [-0.2, 0) is 0 Å². The summed E-state index contributed by atoms with van der Waals surface area (Å²) in [6.07, 6.45) is 2.67. The smallest absolute Gasteiger partial charge is 0.119 e. The number of rotatable bonds is 5. The van der Waals surface area contributed by atoms with Crippen LogP contribution in [-0.4, -0.2) is 29.7 Å². The second kappa shape index (κ2) is 7.04. The summed E-state index contributed by atoms with van der Waals surface area (Å²) in [4.78, 5) is 0.808. The highest BCUT2D eigenvalue weighted by atomic mass is 32.1. The number of benzene rings is 1. The number of hydrogen-bond acceptors (Lipinski definition) is 3. The van der Waals surface area contributed by atoms with Gasteiger partial charge in [0.1, 0.15) is 10.7 Å². The number of ether oxygens (including phenoxy) is 1. The van der Waals surface area contributed by atoms with Crippen LogP contribution in [0.1, 0.15) is 39.2 Å². The van der Waals surface area contributed by atoms with Gasteiger partial charge in [0.15, 0.2) is 0 Å². The summed E-state index contributed by atoms with van der Waals surface area (Å²) in [5.41, 5.74) is 1.04. The highest BCUT2D eigenvalue weighted by molar-refractivity contribution is 7.80. The molecule has 1 aliphatic heterocycles. The summed E-state index contributed by atoms with van der Waals surface area (Å²) in [5.74, 6) is 0.886.